The maximum Gasteiger partial charge on any atom is 0.333 e. The summed E-state index contributed by atoms with van der Waals surface area (Å²) >= 11 is 5.68. The predicted molar refractivity (Wildman–Crippen MR) is 64.1 cm³/mol. The van der Waals surface area contributed by atoms with Crippen LogP contribution in [0, 0.1) is 0 Å². The largest absolute Gasteiger partial charge is 0.456 e. The minimum absolute atomic E-state index is 0.143. The van der Waals surface area contributed by atoms with Crippen LogP contribution in [0.15, 0.2) is 42.6 Å². The molecule has 0 bridgehead atoms. The van der Waals surface area contributed by atoms with Crippen LogP contribution in [-0.4, -0.2) is 22.5 Å². The van der Waals surface area contributed by atoms with Gasteiger partial charge >= 0.3 is 5.97 Å². The van der Waals surface area contributed by atoms with E-state index >= 15 is 0 Å². The third-order valence-corrected chi connectivity index (χ3v) is 2.62. The van der Waals surface area contributed by atoms with Gasteiger partial charge in [-0.3, -0.25) is 0 Å². The van der Waals surface area contributed by atoms with Crippen molar-refractivity contribution in [3.8, 4) is 0 Å². The molecule has 0 atom stereocenters. The smallest absolute Gasteiger partial charge is 0.333 e. The summed E-state index contributed by atoms with van der Waals surface area (Å²) in [4.78, 5) is 16.5. The Morgan fingerprint density at radius 1 is 1.56 bits per heavy atom. The van der Waals surface area contributed by atoms with Crippen LogP contribution in [0.2, 0.25) is 5.15 Å². The molecule has 94 valence electrons. The first-order chi connectivity index (χ1) is 8.69. The predicted octanol–water partition coefficient (Wildman–Crippen LogP) is 2.42. The molecule has 0 aliphatic carbocycles. The van der Waals surface area contributed by atoms with Gasteiger partial charge in [0, 0.05) is 25.0 Å². The molecule has 1 aliphatic heterocycles. The van der Waals surface area contributed by atoms with E-state index in [-0.39, 0.29) is 6.61 Å². The Kier molecular flexibility index (Phi) is 3.94. The maximum absolute atomic E-state index is 12.3. The molecule has 4 nitrogen and oxygen atoms in total. The normalized spacial score (nSPS) is 14.8. The molecule has 1 aliphatic rings. The molecule has 0 radical (unpaired) electrons. The van der Waals surface area contributed by atoms with Crippen molar-refractivity contribution in [1.82, 2.24) is 9.88 Å². The highest BCUT2D eigenvalue weighted by atomic mass is 35.5. The van der Waals surface area contributed by atoms with E-state index in [9.17, 15) is 9.18 Å². The van der Waals surface area contributed by atoms with Gasteiger partial charge in [-0.1, -0.05) is 17.7 Å². The Balaban J connectivity index is 2.14. The lowest BCUT2D eigenvalue weighted by atomic mass is 10.2. The van der Waals surface area contributed by atoms with Crippen molar-refractivity contribution in [2.75, 3.05) is 6.61 Å². The maximum atomic E-state index is 12.3. The minimum Gasteiger partial charge on any atom is -0.456 e. The first-order valence-electron chi connectivity index (χ1n) is 5.20. The molecule has 1 aromatic rings. The zero-order valence-corrected chi connectivity index (χ0v) is 10.1. The molecule has 0 saturated carbocycles. The second kappa shape index (κ2) is 5.64. The van der Waals surface area contributed by atoms with Crippen LogP contribution in [0.3, 0.4) is 0 Å². The number of hydrogen-bond donors (Lipinski definition) is 0. The Hall–Kier alpha value is -1.88. The number of aromatic nitrogens is 1. The molecular weight excluding hydrogens is 259 g/mol. The highest BCUT2D eigenvalue weighted by Gasteiger charge is 2.18. The molecule has 0 fully saturated rings. The fraction of sp³-hybridized carbons (Fsp3) is 0.167. The van der Waals surface area contributed by atoms with E-state index in [4.69, 9.17) is 16.3 Å². The number of carbonyl (C=O) groups excluding carboxylic acids is 1. The van der Waals surface area contributed by atoms with Crippen molar-refractivity contribution in [2.45, 2.75) is 6.54 Å². The van der Waals surface area contributed by atoms with Crippen molar-refractivity contribution >= 4 is 17.6 Å². The summed E-state index contributed by atoms with van der Waals surface area (Å²) < 4.78 is 17.1. The van der Waals surface area contributed by atoms with Crippen molar-refractivity contribution < 1.29 is 13.9 Å². The Labute approximate surface area is 108 Å². The van der Waals surface area contributed by atoms with Gasteiger partial charge in [0.2, 0.25) is 0 Å². The van der Waals surface area contributed by atoms with E-state index in [1.807, 2.05) is 0 Å². The Morgan fingerprint density at radius 2 is 2.39 bits per heavy atom. The summed E-state index contributed by atoms with van der Waals surface area (Å²) in [6, 6.07) is 3.44. The number of rotatable bonds is 4. The molecule has 18 heavy (non-hydrogen) atoms. The van der Waals surface area contributed by atoms with Crippen molar-refractivity contribution in [3.05, 3.63) is 53.3 Å². The van der Waals surface area contributed by atoms with Crippen LogP contribution in [-0.2, 0) is 16.1 Å². The summed E-state index contributed by atoms with van der Waals surface area (Å²) in [6.45, 7) is 0.525. The van der Waals surface area contributed by atoms with Crippen LogP contribution in [0.1, 0.15) is 5.56 Å². The van der Waals surface area contributed by atoms with Crippen molar-refractivity contribution in [3.63, 3.8) is 0 Å². The molecule has 1 aromatic heterocycles. The standard InChI is InChI=1S/C12H10ClFN2O2/c13-11-2-1-9(6-15-11)7-16(4-3-14)10-5-12(17)18-8-10/h1-6H,7-8H2/b4-3-. The highest BCUT2D eigenvalue weighted by Crippen LogP contribution is 2.17. The summed E-state index contributed by atoms with van der Waals surface area (Å²) in [6.07, 6.45) is 4.58. The number of ether oxygens (including phenoxy) is 1. The second-order valence-electron chi connectivity index (χ2n) is 3.64. The van der Waals surface area contributed by atoms with Gasteiger partial charge in [-0.2, -0.15) is 0 Å². The molecule has 0 spiro atoms. The number of nitrogens with zero attached hydrogens (tertiary/aromatic N) is 2. The minimum atomic E-state index is -0.420. The summed E-state index contributed by atoms with van der Waals surface area (Å²) in [7, 11) is 0. The average Bonchev–Trinajstić information content (AvgIpc) is 2.78. The molecule has 6 heteroatoms. The van der Waals surface area contributed by atoms with E-state index in [2.05, 4.69) is 4.98 Å². The molecule has 2 rings (SSSR count). The van der Waals surface area contributed by atoms with Gasteiger partial charge in [0.1, 0.15) is 18.1 Å². The van der Waals surface area contributed by atoms with Gasteiger partial charge in [-0.05, 0) is 11.6 Å². The van der Waals surface area contributed by atoms with Gasteiger partial charge in [-0.25, -0.2) is 14.2 Å². The Bertz CT molecular complexity index is 499. The number of esters is 1. The van der Waals surface area contributed by atoms with Crippen LogP contribution in [0.4, 0.5) is 4.39 Å². The van der Waals surface area contributed by atoms with Crippen LogP contribution in [0.25, 0.3) is 0 Å². The number of hydrogen-bond acceptors (Lipinski definition) is 4. The average molecular weight is 269 g/mol. The van der Waals surface area contributed by atoms with Crippen molar-refractivity contribution in [2.24, 2.45) is 0 Å². The number of cyclic esters (lactones) is 1. The summed E-state index contributed by atoms with van der Waals surface area (Å²) in [5.74, 6) is -0.420. The topological polar surface area (TPSA) is 42.4 Å². The summed E-state index contributed by atoms with van der Waals surface area (Å²) in [5.41, 5.74) is 1.45. The molecular formula is C12H10ClFN2O2. The molecule has 0 saturated heterocycles. The van der Waals surface area contributed by atoms with Gasteiger partial charge in [0.05, 0.1) is 5.70 Å². The van der Waals surface area contributed by atoms with E-state index in [0.29, 0.717) is 23.7 Å². The SMILES string of the molecule is O=C1C=C(N(/C=C\F)Cc2ccc(Cl)nc2)CO1. The fourth-order valence-corrected chi connectivity index (χ4v) is 1.66. The van der Waals surface area contributed by atoms with Gasteiger partial charge in [0.25, 0.3) is 0 Å². The van der Waals surface area contributed by atoms with Gasteiger partial charge in [-0.15, -0.1) is 0 Å². The first-order valence-corrected chi connectivity index (χ1v) is 5.58. The third-order valence-electron chi connectivity index (χ3n) is 2.39. The quantitative estimate of drug-likeness (QED) is 0.621. The van der Waals surface area contributed by atoms with Crippen molar-refractivity contribution in [1.29, 1.82) is 0 Å². The Morgan fingerprint density at radius 3 is 2.94 bits per heavy atom. The molecule has 2 heterocycles. The van der Waals surface area contributed by atoms with Crippen LogP contribution < -0.4 is 0 Å². The van der Waals surface area contributed by atoms with E-state index in [1.54, 1.807) is 23.2 Å². The van der Waals surface area contributed by atoms with E-state index < -0.39 is 5.97 Å². The molecule has 0 aromatic carbocycles. The van der Waals surface area contributed by atoms with Crippen LogP contribution in [0.5, 0.6) is 0 Å². The fourth-order valence-electron chi connectivity index (χ4n) is 1.54. The monoisotopic (exact) mass is 268 g/mol. The molecule has 0 unspecified atom stereocenters. The number of carbonyl (C=O) groups is 1. The van der Waals surface area contributed by atoms with E-state index in [1.165, 1.54) is 12.3 Å². The molecule has 0 N–H and O–H groups in total. The van der Waals surface area contributed by atoms with Crippen LogP contribution >= 0.6 is 11.6 Å². The lowest BCUT2D eigenvalue weighted by Crippen LogP contribution is -2.17. The first kappa shape index (κ1) is 12.6. The van der Waals surface area contributed by atoms with Gasteiger partial charge < -0.3 is 9.64 Å². The second-order valence-corrected chi connectivity index (χ2v) is 4.02. The third kappa shape index (κ3) is 3.07. The zero-order chi connectivity index (χ0) is 13.0. The number of pyridine rings is 1. The van der Waals surface area contributed by atoms with Gasteiger partial charge in [0.15, 0.2) is 0 Å². The highest BCUT2D eigenvalue weighted by molar-refractivity contribution is 6.29. The lowest BCUT2D eigenvalue weighted by Gasteiger charge is -2.19. The molecule has 0 amide bonds. The van der Waals surface area contributed by atoms with E-state index in [0.717, 1.165) is 5.56 Å². The lowest BCUT2D eigenvalue weighted by molar-refractivity contribution is -0.135. The zero-order valence-electron chi connectivity index (χ0n) is 9.35. The summed E-state index contributed by atoms with van der Waals surface area (Å²) in [5, 5.41) is 0.393. The number of halogens is 2.